The third kappa shape index (κ3) is 2.72. The molecule has 0 atom stereocenters. The fourth-order valence-corrected chi connectivity index (χ4v) is 2.04. The van der Waals surface area contributed by atoms with Crippen molar-refractivity contribution in [1.82, 2.24) is 14.2 Å². The molecule has 0 amide bonds. The maximum Gasteiger partial charge on any atom is 0.469 e. The maximum absolute atomic E-state index is 10.7. The van der Waals surface area contributed by atoms with Crippen molar-refractivity contribution in [2.24, 2.45) is 0 Å². The Balaban J connectivity index is 2.11. The van der Waals surface area contributed by atoms with E-state index in [9.17, 15) is 10.1 Å². The number of nitrogen functional groups attached to an aromatic ring is 1. The molecule has 88 valence electrons. The summed E-state index contributed by atoms with van der Waals surface area (Å²) in [6.07, 6.45) is 0. The first kappa shape index (κ1) is 11.4. The second-order valence-electron chi connectivity index (χ2n) is 3.16. The van der Waals surface area contributed by atoms with Crippen molar-refractivity contribution in [3.63, 3.8) is 0 Å². The summed E-state index contributed by atoms with van der Waals surface area (Å²) in [4.78, 5) is 13.6. The first-order valence-electron chi connectivity index (χ1n) is 4.71. The molecular weight excluding hydrogens is 242 g/mol. The first-order valence-corrected chi connectivity index (χ1v) is 5.65. The van der Waals surface area contributed by atoms with Gasteiger partial charge in [0.15, 0.2) is 0 Å². The van der Waals surface area contributed by atoms with E-state index >= 15 is 0 Å². The van der Waals surface area contributed by atoms with E-state index in [4.69, 9.17) is 5.73 Å². The van der Waals surface area contributed by atoms with E-state index in [-0.39, 0.29) is 11.9 Å². The van der Waals surface area contributed by atoms with Crippen LogP contribution in [0, 0.1) is 10.1 Å². The molecule has 0 saturated carbocycles. The summed E-state index contributed by atoms with van der Waals surface area (Å²) in [5, 5.41) is 14.4. The van der Waals surface area contributed by atoms with Gasteiger partial charge in [-0.2, -0.15) is 0 Å². The predicted molar refractivity (Wildman–Crippen MR) is 64.2 cm³/mol. The maximum atomic E-state index is 10.7. The van der Waals surface area contributed by atoms with Crippen LogP contribution in [-0.2, 0) is 5.75 Å². The minimum atomic E-state index is -0.610. The minimum absolute atomic E-state index is 0.0998. The van der Waals surface area contributed by atoms with Gasteiger partial charge in [0.25, 0.3) is 0 Å². The van der Waals surface area contributed by atoms with E-state index in [1.165, 1.54) is 11.9 Å². The Bertz CT molecular complexity index is 527. The van der Waals surface area contributed by atoms with Crippen LogP contribution < -0.4 is 5.73 Å². The van der Waals surface area contributed by atoms with E-state index in [1.54, 1.807) is 0 Å². The van der Waals surface area contributed by atoms with Gasteiger partial charge < -0.3 is 15.8 Å². The smallest absolute Gasteiger partial charge is 0.390 e. The van der Waals surface area contributed by atoms with Crippen LogP contribution >= 0.6 is 11.9 Å². The van der Waals surface area contributed by atoms with Crippen LogP contribution in [0.3, 0.4) is 0 Å². The molecule has 0 radical (unpaired) electrons. The number of aromatic nitrogens is 3. The van der Waals surface area contributed by atoms with Crippen LogP contribution in [0.15, 0.2) is 30.3 Å². The van der Waals surface area contributed by atoms with Crippen molar-refractivity contribution in [1.29, 1.82) is 0 Å². The Kier molecular flexibility index (Phi) is 3.24. The number of anilines is 1. The van der Waals surface area contributed by atoms with E-state index < -0.39 is 4.92 Å². The van der Waals surface area contributed by atoms with Crippen molar-refractivity contribution in [3.05, 3.63) is 46.0 Å². The zero-order chi connectivity index (χ0) is 12.3. The second kappa shape index (κ2) is 4.83. The molecular formula is C9H9N5O2S. The molecule has 7 nitrogen and oxygen atoms in total. The molecule has 2 rings (SSSR count). The molecule has 1 aromatic carbocycles. The first-order chi connectivity index (χ1) is 8.16. The van der Waals surface area contributed by atoms with Gasteiger partial charge in [0.05, 0.1) is 17.7 Å². The van der Waals surface area contributed by atoms with Crippen molar-refractivity contribution in [3.8, 4) is 0 Å². The highest BCUT2D eigenvalue weighted by molar-refractivity contribution is 7.97. The number of hydrogen-bond acceptors (Lipinski definition) is 6. The van der Waals surface area contributed by atoms with E-state index in [0.29, 0.717) is 5.75 Å². The summed E-state index contributed by atoms with van der Waals surface area (Å²) >= 11 is 1.17. The second-order valence-corrected chi connectivity index (χ2v) is 4.05. The standard InChI is InChI=1S/C9H9N5O2S/c10-8-11-9(14(15)16)13(12-8)17-6-7-4-2-1-3-5-7/h1-5H,6H2,(H2,10,12). The molecule has 1 aromatic heterocycles. The highest BCUT2D eigenvalue weighted by Crippen LogP contribution is 2.20. The zero-order valence-electron chi connectivity index (χ0n) is 8.68. The van der Waals surface area contributed by atoms with Gasteiger partial charge in [-0.3, -0.25) is 0 Å². The summed E-state index contributed by atoms with van der Waals surface area (Å²) in [5.41, 5.74) is 6.37. The Morgan fingerprint density at radius 3 is 2.76 bits per heavy atom. The Morgan fingerprint density at radius 1 is 1.41 bits per heavy atom. The number of rotatable bonds is 4. The van der Waals surface area contributed by atoms with Crippen molar-refractivity contribution < 1.29 is 4.92 Å². The zero-order valence-corrected chi connectivity index (χ0v) is 9.50. The van der Waals surface area contributed by atoms with E-state index in [1.807, 2.05) is 30.3 Å². The van der Waals surface area contributed by atoms with Crippen LogP contribution in [0.1, 0.15) is 5.56 Å². The van der Waals surface area contributed by atoms with Gasteiger partial charge in [0, 0.05) is 0 Å². The molecule has 0 aliphatic heterocycles. The Hall–Kier alpha value is -2.09. The SMILES string of the molecule is Nc1nc([N+](=O)[O-])n(SCc2ccccc2)n1. The van der Waals surface area contributed by atoms with Gasteiger partial charge in [-0.05, 0) is 20.6 Å². The van der Waals surface area contributed by atoms with Crippen molar-refractivity contribution in [2.75, 3.05) is 5.73 Å². The topological polar surface area (TPSA) is 99.9 Å². The monoisotopic (exact) mass is 251 g/mol. The molecule has 8 heteroatoms. The van der Waals surface area contributed by atoms with Crippen LogP contribution in [0.5, 0.6) is 0 Å². The Labute approximate surface area is 101 Å². The van der Waals surface area contributed by atoms with Crippen LogP contribution in [0.25, 0.3) is 0 Å². The van der Waals surface area contributed by atoms with Gasteiger partial charge in [0.2, 0.25) is 0 Å². The largest absolute Gasteiger partial charge is 0.469 e. The molecule has 1 heterocycles. The lowest BCUT2D eigenvalue weighted by Gasteiger charge is -1.98. The van der Waals surface area contributed by atoms with Crippen molar-refractivity contribution in [2.45, 2.75) is 5.75 Å². The lowest BCUT2D eigenvalue weighted by molar-refractivity contribution is -0.395. The molecule has 0 saturated heterocycles. The summed E-state index contributed by atoms with van der Waals surface area (Å²) in [6, 6.07) is 9.57. The highest BCUT2D eigenvalue weighted by Gasteiger charge is 2.20. The van der Waals surface area contributed by atoms with Gasteiger partial charge in [-0.15, -0.1) is 0 Å². The van der Waals surface area contributed by atoms with Gasteiger partial charge in [-0.1, -0.05) is 34.4 Å². The van der Waals surface area contributed by atoms with Crippen LogP contribution in [0.4, 0.5) is 11.9 Å². The molecule has 0 unspecified atom stereocenters. The average molecular weight is 251 g/mol. The summed E-state index contributed by atoms with van der Waals surface area (Å²) < 4.78 is 1.13. The number of benzene rings is 1. The molecule has 2 N–H and O–H groups in total. The summed E-state index contributed by atoms with van der Waals surface area (Å²) in [5.74, 6) is 0.102. The third-order valence-electron chi connectivity index (χ3n) is 1.94. The lowest BCUT2D eigenvalue weighted by Crippen LogP contribution is -1.99. The fourth-order valence-electron chi connectivity index (χ4n) is 1.21. The number of nitrogens with two attached hydrogens (primary N) is 1. The van der Waals surface area contributed by atoms with Gasteiger partial charge in [0.1, 0.15) is 0 Å². The molecule has 2 aromatic rings. The van der Waals surface area contributed by atoms with E-state index in [0.717, 1.165) is 9.65 Å². The van der Waals surface area contributed by atoms with Gasteiger partial charge in [-0.25, -0.2) is 0 Å². The Morgan fingerprint density at radius 2 is 2.12 bits per heavy atom. The lowest BCUT2D eigenvalue weighted by atomic mass is 10.2. The van der Waals surface area contributed by atoms with Crippen molar-refractivity contribution >= 4 is 23.8 Å². The molecule has 0 bridgehead atoms. The normalized spacial score (nSPS) is 10.4. The average Bonchev–Trinajstić information content (AvgIpc) is 2.69. The summed E-state index contributed by atoms with van der Waals surface area (Å²) in [7, 11) is 0. The highest BCUT2D eigenvalue weighted by atomic mass is 32.2. The molecule has 0 fully saturated rings. The molecule has 0 aliphatic carbocycles. The molecule has 0 aliphatic rings. The fraction of sp³-hybridized carbons (Fsp3) is 0.111. The third-order valence-corrected chi connectivity index (χ3v) is 2.89. The number of hydrogen-bond donors (Lipinski definition) is 1. The minimum Gasteiger partial charge on any atom is -0.390 e. The molecule has 17 heavy (non-hydrogen) atoms. The predicted octanol–water partition coefficient (Wildman–Crippen LogP) is 1.46. The quantitative estimate of drug-likeness (QED) is 0.652. The summed E-state index contributed by atoms with van der Waals surface area (Å²) in [6.45, 7) is 0. The van der Waals surface area contributed by atoms with Gasteiger partial charge >= 0.3 is 11.9 Å². The molecule has 0 spiro atoms. The van der Waals surface area contributed by atoms with Crippen LogP contribution in [-0.4, -0.2) is 19.1 Å². The number of nitrogens with zero attached hydrogens (tertiary/aromatic N) is 4. The van der Waals surface area contributed by atoms with E-state index in [2.05, 4.69) is 10.1 Å². The van der Waals surface area contributed by atoms with Crippen LogP contribution in [0.2, 0.25) is 0 Å². The number of nitro groups is 1.